The lowest BCUT2D eigenvalue weighted by atomic mass is 9.85. The number of amides is 2. The number of carboxylic acids is 1. The molecule has 1 aliphatic rings. The molecule has 0 saturated heterocycles. The Morgan fingerprint density at radius 2 is 1.93 bits per heavy atom. The van der Waals surface area contributed by atoms with E-state index in [2.05, 4.69) is 15.5 Å². The molecule has 0 spiro atoms. The summed E-state index contributed by atoms with van der Waals surface area (Å²) in [5, 5.41) is 15.4. The Morgan fingerprint density at radius 1 is 1.24 bits per heavy atom. The Balaban J connectivity index is 1.77. The first-order valence-electron chi connectivity index (χ1n) is 9.35. The summed E-state index contributed by atoms with van der Waals surface area (Å²) < 4.78 is 0. The molecule has 0 radical (unpaired) electrons. The predicted molar refractivity (Wildman–Crippen MR) is 115 cm³/mol. The minimum Gasteiger partial charge on any atom is -0.480 e. The van der Waals surface area contributed by atoms with Gasteiger partial charge in [-0.05, 0) is 54.4 Å². The topological polar surface area (TPSA) is 81.7 Å². The third kappa shape index (κ3) is 5.01. The van der Waals surface area contributed by atoms with Crippen LogP contribution in [0.1, 0.15) is 36.0 Å². The fraction of sp³-hybridized carbons (Fsp3) is 0.333. The molecule has 0 aliphatic carbocycles. The third-order valence-corrected chi connectivity index (χ3v) is 5.63. The molecule has 0 aromatic heterocycles. The van der Waals surface area contributed by atoms with E-state index in [9.17, 15) is 9.59 Å². The first-order chi connectivity index (χ1) is 13.8. The number of aliphatic carboxylic acids is 1. The van der Waals surface area contributed by atoms with Crippen LogP contribution >= 0.6 is 23.2 Å². The Hall–Kier alpha value is -2.28. The van der Waals surface area contributed by atoms with Gasteiger partial charge in [0.05, 0.1) is 0 Å². The lowest BCUT2D eigenvalue weighted by Crippen LogP contribution is -2.42. The molecule has 2 atom stereocenters. The average Bonchev–Trinajstić information content (AvgIpc) is 2.66. The number of hydrogen-bond donors (Lipinski definition) is 3. The first kappa shape index (κ1) is 21.4. The summed E-state index contributed by atoms with van der Waals surface area (Å²) in [5.41, 5.74) is 3.86. The molecule has 154 valence electrons. The van der Waals surface area contributed by atoms with E-state index >= 15 is 0 Å². The molecule has 2 amide bonds. The first-order valence-corrected chi connectivity index (χ1v) is 10.1. The fourth-order valence-electron chi connectivity index (χ4n) is 3.59. The van der Waals surface area contributed by atoms with Gasteiger partial charge in [-0.15, -0.1) is 0 Å². The van der Waals surface area contributed by atoms with Gasteiger partial charge in [0, 0.05) is 34.7 Å². The van der Waals surface area contributed by atoms with E-state index in [1.165, 1.54) is 0 Å². The van der Waals surface area contributed by atoms with Crippen molar-refractivity contribution in [1.29, 1.82) is 0 Å². The summed E-state index contributed by atoms with van der Waals surface area (Å²) in [7, 11) is 2.05. The Morgan fingerprint density at radius 3 is 2.55 bits per heavy atom. The van der Waals surface area contributed by atoms with Gasteiger partial charge in [-0.1, -0.05) is 42.3 Å². The van der Waals surface area contributed by atoms with Crippen LogP contribution in [0.15, 0.2) is 36.4 Å². The van der Waals surface area contributed by atoms with Gasteiger partial charge in [-0.2, -0.15) is 0 Å². The number of carbonyl (C=O) groups is 2. The van der Waals surface area contributed by atoms with Crippen LogP contribution in [0.2, 0.25) is 10.0 Å². The van der Waals surface area contributed by atoms with Crippen molar-refractivity contribution in [3.05, 3.63) is 63.1 Å². The number of benzene rings is 2. The van der Waals surface area contributed by atoms with Gasteiger partial charge < -0.3 is 20.6 Å². The number of rotatable bonds is 5. The average molecular weight is 436 g/mol. The number of fused-ring (bicyclic) bond motifs is 1. The van der Waals surface area contributed by atoms with E-state index in [4.69, 9.17) is 28.3 Å². The van der Waals surface area contributed by atoms with Crippen molar-refractivity contribution in [3.8, 4) is 0 Å². The number of likely N-dealkylation sites (N-methyl/N-ethyl adjacent to an activating group) is 1. The standard InChI is InChI=1S/C21H23Cl2N3O3/c1-3-19(20(27)28)25-21(29)24-14-6-4-12(5-7-14)16-10-26(2)11-17-15(16)8-13(22)9-18(17)23/h4-9,16,19H,3,10-11H2,1-2H3,(H,27,28)(H2,24,25,29)/t16-,19?/m1/s1. The number of urea groups is 1. The minimum atomic E-state index is -1.06. The van der Waals surface area contributed by atoms with Crippen LogP contribution < -0.4 is 10.6 Å². The van der Waals surface area contributed by atoms with Crippen molar-refractivity contribution in [2.24, 2.45) is 0 Å². The zero-order valence-electron chi connectivity index (χ0n) is 16.2. The van der Waals surface area contributed by atoms with E-state index in [1.807, 2.05) is 25.2 Å². The lowest BCUT2D eigenvalue weighted by Gasteiger charge is -2.33. The molecule has 2 aromatic rings. The number of anilines is 1. The maximum absolute atomic E-state index is 12.0. The second-order valence-electron chi connectivity index (χ2n) is 7.22. The largest absolute Gasteiger partial charge is 0.480 e. The molecule has 3 N–H and O–H groups in total. The van der Waals surface area contributed by atoms with E-state index < -0.39 is 18.0 Å². The number of carboxylic acid groups (broad SMARTS) is 1. The maximum atomic E-state index is 12.0. The van der Waals surface area contributed by atoms with Crippen LogP contribution in [0.25, 0.3) is 0 Å². The molecule has 8 heteroatoms. The summed E-state index contributed by atoms with van der Waals surface area (Å²) in [5.74, 6) is -0.949. The van der Waals surface area contributed by atoms with Gasteiger partial charge in [-0.25, -0.2) is 9.59 Å². The highest BCUT2D eigenvalue weighted by Gasteiger charge is 2.27. The van der Waals surface area contributed by atoms with Gasteiger partial charge >= 0.3 is 12.0 Å². The highest BCUT2D eigenvalue weighted by Crippen LogP contribution is 2.38. The van der Waals surface area contributed by atoms with Crippen molar-refractivity contribution in [3.63, 3.8) is 0 Å². The normalized spacial score (nSPS) is 17.3. The lowest BCUT2D eigenvalue weighted by molar-refractivity contribution is -0.139. The highest BCUT2D eigenvalue weighted by atomic mass is 35.5. The van der Waals surface area contributed by atoms with Gasteiger partial charge in [0.2, 0.25) is 0 Å². The van der Waals surface area contributed by atoms with Crippen molar-refractivity contribution >= 4 is 40.9 Å². The summed E-state index contributed by atoms with van der Waals surface area (Å²) >= 11 is 12.7. The van der Waals surface area contributed by atoms with Crippen molar-refractivity contribution in [2.45, 2.75) is 31.8 Å². The predicted octanol–water partition coefficient (Wildman–Crippen LogP) is 4.56. The molecule has 0 bridgehead atoms. The molecule has 0 saturated carbocycles. The molecule has 1 heterocycles. The van der Waals surface area contributed by atoms with E-state index in [0.717, 1.165) is 29.8 Å². The van der Waals surface area contributed by atoms with Gasteiger partial charge in [-0.3, -0.25) is 0 Å². The summed E-state index contributed by atoms with van der Waals surface area (Å²) in [6.45, 7) is 3.29. The van der Waals surface area contributed by atoms with Crippen LogP contribution in [0.3, 0.4) is 0 Å². The van der Waals surface area contributed by atoms with Crippen LogP contribution in [-0.2, 0) is 11.3 Å². The third-order valence-electron chi connectivity index (χ3n) is 5.08. The zero-order chi connectivity index (χ0) is 21.1. The van der Waals surface area contributed by atoms with Gasteiger partial charge in [0.1, 0.15) is 6.04 Å². The Labute approximate surface area is 179 Å². The summed E-state index contributed by atoms with van der Waals surface area (Å²) in [4.78, 5) is 25.3. The van der Waals surface area contributed by atoms with Crippen LogP contribution in [0.5, 0.6) is 0 Å². The summed E-state index contributed by atoms with van der Waals surface area (Å²) in [6.07, 6.45) is 0.307. The number of carbonyl (C=O) groups excluding carboxylic acids is 1. The molecule has 1 aliphatic heterocycles. The molecule has 1 unspecified atom stereocenters. The zero-order valence-corrected chi connectivity index (χ0v) is 17.7. The molecular formula is C21H23Cl2N3O3. The van der Waals surface area contributed by atoms with E-state index in [-0.39, 0.29) is 5.92 Å². The smallest absolute Gasteiger partial charge is 0.326 e. The van der Waals surface area contributed by atoms with Crippen molar-refractivity contribution < 1.29 is 14.7 Å². The number of hydrogen-bond acceptors (Lipinski definition) is 3. The second-order valence-corrected chi connectivity index (χ2v) is 8.07. The van der Waals surface area contributed by atoms with E-state index in [1.54, 1.807) is 25.1 Å². The molecule has 6 nitrogen and oxygen atoms in total. The van der Waals surface area contributed by atoms with E-state index in [0.29, 0.717) is 22.2 Å². The SMILES string of the molecule is CCC(NC(=O)Nc1ccc([C@H]2CN(C)Cc3c(Cl)cc(Cl)cc32)cc1)C(=O)O. The molecule has 3 rings (SSSR count). The minimum absolute atomic E-state index is 0.110. The quantitative estimate of drug-likeness (QED) is 0.642. The maximum Gasteiger partial charge on any atom is 0.326 e. The molecule has 29 heavy (non-hydrogen) atoms. The second kappa shape index (κ2) is 9.03. The van der Waals surface area contributed by atoms with Crippen LogP contribution in [-0.4, -0.2) is 41.6 Å². The highest BCUT2D eigenvalue weighted by molar-refractivity contribution is 6.35. The molecule has 0 fully saturated rings. The molecular weight excluding hydrogens is 413 g/mol. The van der Waals surface area contributed by atoms with Crippen LogP contribution in [0.4, 0.5) is 10.5 Å². The monoisotopic (exact) mass is 435 g/mol. The summed E-state index contributed by atoms with van der Waals surface area (Å²) in [6, 6.07) is 9.78. The molecule has 2 aromatic carbocycles. The van der Waals surface area contributed by atoms with Gasteiger partial charge in [0.25, 0.3) is 0 Å². The number of halogens is 2. The Kier molecular flexibility index (Phi) is 6.67. The van der Waals surface area contributed by atoms with Crippen molar-refractivity contribution in [2.75, 3.05) is 18.9 Å². The number of nitrogens with zero attached hydrogens (tertiary/aromatic N) is 1. The number of nitrogens with one attached hydrogen (secondary N) is 2. The fourth-order valence-corrected chi connectivity index (χ4v) is 4.16. The Bertz CT molecular complexity index is 918. The van der Waals surface area contributed by atoms with Gasteiger partial charge in [0.15, 0.2) is 0 Å². The van der Waals surface area contributed by atoms with Crippen LogP contribution in [0, 0.1) is 0 Å². The van der Waals surface area contributed by atoms with Crippen molar-refractivity contribution in [1.82, 2.24) is 10.2 Å².